The number of ether oxygens (including phenoxy) is 1. The summed E-state index contributed by atoms with van der Waals surface area (Å²) in [6, 6.07) is 12.0. The minimum Gasteiger partial charge on any atom is -0.505 e. The van der Waals surface area contributed by atoms with Crippen molar-refractivity contribution in [1.29, 1.82) is 0 Å². The molecule has 0 aliphatic carbocycles. The van der Waals surface area contributed by atoms with Gasteiger partial charge >= 0.3 is 5.97 Å². The van der Waals surface area contributed by atoms with E-state index in [1.54, 1.807) is 48.5 Å². The van der Waals surface area contributed by atoms with E-state index >= 15 is 0 Å². The summed E-state index contributed by atoms with van der Waals surface area (Å²) in [6.07, 6.45) is -0.0898. The molecule has 0 aliphatic heterocycles. The zero-order chi connectivity index (χ0) is 22.0. The highest BCUT2D eigenvalue weighted by molar-refractivity contribution is 6.35. The van der Waals surface area contributed by atoms with Crippen LogP contribution in [0.3, 0.4) is 0 Å². The van der Waals surface area contributed by atoms with Gasteiger partial charge in [0, 0.05) is 16.5 Å². The van der Waals surface area contributed by atoms with Gasteiger partial charge in [0.1, 0.15) is 16.9 Å². The predicted molar refractivity (Wildman–Crippen MR) is 115 cm³/mol. The molecule has 2 aromatic carbocycles. The van der Waals surface area contributed by atoms with Crippen LogP contribution >= 0.6 is 11.6 Å². The van der Waals surface area contributed by atoms with Crippen LogP contribution in [0.25, 0.3) is 10.8 Å². The summed E-state index contributed by atoms with van der Waals surface area (Å²) in [5, 5.41) is 21.1. The number of anilines is 1. The summed E-state index contributed by atoms with van der Waals surface area (Å²) < 4.78 is 5.66. The fourth-order valence-corrected chi connectivity index (χ4v) is 3.31. The number of aromatic hydroxyl groups is 1. The van der Waals surface area contributed by atoms with Crippen molar-refractivity contribution in [3.8, 4) is 11.5 Å². The SMILES string of the molecule is CC(C)Oc1ccc2c(Cl)nc(C(=O)N(c3ccccc3)C(C)C(=O)O)c(O)c2c1. The molecule has 0 saturated carbocycles. The number of hydrogen-bond acceptors (Lipinski definition) is 5. The van der Waals surface area contributed by atoms with E-state index in [1.165, 1.54) is 6.92 Å². The molecule has 1 aromatic heterocycles. The Bertz CT molecular complexity index is 1100. The molecule has 1 atom stereocenters. The Balaban J connectivity index is 2.16. The lowest BCUT2D eigenvalue weighted by Gasteiger charge is -2.26. The molecule has 0 radical (unpaired) electrons. The molecular formula is C22H21ClN2O5. The Labute approximate surface area is 178 Å². The van der Waals surface area contributed by atoms with Gasteiger partial charge in [0.15, 0.2) is 11.4 Å². The molecule has 0 fully saturated rings. The number of fused-ring (bicyclic) bond motifs is 1. The summed E-state index contributed by atoms with van der Waals surface area (Å²) in [7, 11) is 0. The average molecular weight is 429 g/mol. The number of nitrogens with zero attached hydrogens (tertiary/aromatic N) is 2. The van der Waals surface area contributed by atoms with Gasteiger partial charge in [-0.25, -0.2) is 9.78 Å². The minimum atomic E-state index is -1.20. The van der Waals surface area contributed by atoms with Crippen molar-refractivity contribution < 1.29 is 24.5 Å². The Morgan fingerprint density at radius 2 is 1.73 bits per heavy atom. The van der Waals surface area contributed by atoms with Gasteiger partial charge in [0.2, 0.25) is 0 Å². The second-order valence-corrected chi connectivity index (χ2v) is 7.36. The molecule has 1 amide bonds. The van der Waals surface area contributed by atoms with Crippen LogP contribution in [0.15, 0.2) is 48.5 Å². The van der Waals surface area contributed by atoms with Crippen LogP contribution in [0.1, 0.15) is 31.3 Å². The molecule has 30 heavy (non-hydrogen) atoms. The third kappa shape index (κ3) is 4.16. The number of carbonyl (C=O) groups is 2. The van der Waals surface area contributed by atoms with Crippen LogP contribution in [-0.2, 0) is 4.79 Å². The molecule has 0 bridgehead atoms. The highest BCUT2D eigenvalue weighted by atomic mass is 35.5. The molecule has 7 nitrogen and oxygen atoms in total. The van der Waals surface area contributed by atoms with E-state index in [-0.39, 0.29) is 22.3 Å². The standard InChI is InChI=1S/C22H21ClN2O5/c1-12(2)30-15-9-10-16-17(11-15)19(26)18(24-20(16)23)21(27)25(13(3)22(28)29)14-7-5-4-6-8-14/h4-13,26H,1-3H3,(H,28,29). The molecule has 156 valence electrons. The number of aliphatic carboxylic acids is 1. The quantitative estimate of drug-likeness (QED) is 0.560. The van der Waals surface area contributed by atoms with Crippen LogP contribution in [0.5, 0.6) is 11.5 Å². The Hall–Kier alpha value is -3.32. The number of aromatic nitrogens is 1. The fourth-order valence-electron chi connectivity index (χ4n) is 3.06. The second-order valence-electron chi connectivity index (χ2n) is 7.00. The summed E-state index contributed by atoms with van der Waals surface area (Å²) in [6.45, 7) is 5.11. The maximum Gasteiger partial charge on any atom is 0.326 e. The van der Waals surface area contributed by atoms with Crippen molar-refractivity contribution in [2.24, 2.45) is 0 Å². The van der Waals surface area contributed by atoms with E-state index in [4.69, 9.17) is 16.3 Å². The van der Waals surface area contributed by atoms with Gasteiger partial charge in [-0.2, -0.15) is 0 Å². The third-order valence-corrected chi connectivity index (χ3v) is 4.76. The van der Waals surface area contributed by atoms with Crippen molar-refractivity contribution >= 4 is 39.9 Å². The first kappa shape index (κ1) is 21.4. The highest BCUT2D eigenvalue weighted by Gasteiger charge is 2.31. The molecular weight excluding hydrogens is 408 g/mol. The first-order valence-electron chi connectivity index (χ1n) is 9.31. The lowest BCUT2D eigenvalue weighted by molar-refractivity contribution is -0.138. The molecule has 3 aromatic rings. The first-order valence-corrected chi connectivity index (χ1v) is 9.68. The number of rotatable bonds is 6. The molecule has 8 heteroatoms. The van der Waals surface area contributed by atoms with Gasteiger partial charge in [-0.05, 0) is 51.1 Å². The van der Waals surface area contributed by atoms with Gasteiger partial charge in [-0.1, -0.05) is 29.8 Å². The summed E-state index contributed by atoms with van der Waals surface area (Å²) in [5.74, 6) is -1.89. The normalized spacial score (nSPS) is 12.0. The van der Waals surface area contributed by atoms with Crippen molar-refractivity contribution in [3.05, 3.63) is 59.4 Å². The van der Waals surface area contributed by atoms with Gasteiger partial charge in [0.25, 0.3) is 5.91 Å². The van der Waals surface area contributed by atoms with Gasteiger partial charge < -0.3 is 14.9 Å². The third-order valence-electron chi connectivity index (χ3n) is 4.47. The molecule has 0 saturated heterocycles. The lowest BCUT2D eigenvalue weighted by atomic mass is 10.1. The molecule has 1 heterocycles. The zero-order valence-electron chi connectivity index (χ0n) is 16.7. The topological polar surface area (TPSA) is 100.0 Å². The average Bonchev–Trinajstić information content (AvgIpc) is 2.71. The number of carbonyl (C=O) groups excluding carboxylic acids is 1. The van der Waals surface area contributed by atoms with E-state index in [0.717, 1.165) is 4.90 Å². The van der Waals surface area contributed by atoms with Crippen molar-refractivity contribution in [2.45, 2.75) is 32.9 Å². The summed E-state index contributed by atoms with van der Waals surface area (Å²) in [4.78, 5) is 30.1. The first-order chi connectivity index (χ1) is 14.2. The number of pyridine rings is 1. The number of amides is 1. The lowest BCUT2D eigenvalue weighted by Crippen LogP contribution is -2.43. The van der Waals surface area contributed by atoms with Gasteiger partial charge in [0.05, 0.1) is 6.10 Å². The summed E-state index contributed by atoms with van der Waals surface area (Å²) >= 11 is 6.28. The van der Waals surface area contributed by atoms with E-state index in [0.29, 0.717) is 16.8 Å². The van der Waals surface area contributed by atoms with Crippen LogP contribution in [0, 0.1) is 0 Å². The van der Waals surface area contributed by atoms with Gasteiger partial charge in [-0.15, -0.1) is 0 Å². The molecule has 0 aliphatic rings. The monoisotopic (exact) mass is 428 g/mol. The predicted octanol–water partition coefficient (Wildman–Crippen LogP) is 4.50. The highest BCUT2D eigenvalue weighted by Crippen LogP contribution is 2.36. The number of hydrogen-bond donors (Lipinski definition) is 2. The van der Waals surface area contributed by atoms with E-state index in [2.05, 4.69) is 4.98 Å². The molecule has 1 unspecified atom stereocenters. The number of para-hydroxylation sites is 1. The molecule has 2 N–H and O–H groups in total. The Morgan fingerprint density at radius 1 is 1.07 bits per heavy atom. The van der Waals surface area contributed by atoms with Crippen LogP contribution < -0.4 is 9.64 Å². The smallest absolute Gasteiger partial charge is 0.326 e. The fraction of sp³-hybridized carbons (Fsp3) is 0.227. The minimum absolute atomic E-state index is 0.0123. The number of halogens is 1. The number of carboxylic acid groups (broad SMARTS) is 1. The zero-order valence-corrected chi connectivity index (χ0v) is 17.4. The van der Waals surface area contributed by atoms with Crippen molar-refractivity contribution in [1.82, 2.24) is 4.98 Å². The Kier molecular flexibility index (Phi) is 6.12. The van der Waals surface area contributed by atoms with Gasteiger partial charge in [-0.3, -0.25) is 9.69 Å². The number of benzene rings is 2. The maximum absolute atomic E-state index is 13.3. The largest absolute Gasteiger partial charge is 0.505 e. The van der Waals surface area contributed by atoms with Crippen LogP contribution in [-0.4, -0.2) is 39.2 Å². The number of carboxylic acids is 1. The van der Waals surface area contributed by atoms with E-state index in [1.807, 2.05) is 13.8 Å². The summed E-state index contributed by atoms with van der Waals surface area (Å²) in [5.41, 5.74) is 0.0119. The maximum atomic E-state index is 13.3. The van der Waals surface area contributed by atoms with Crippen LogP contribution in [0.4, 0.5) is 5.69 Å². The molecule has 3 rings (SSSR count). The van der Waals surface area contributed by atoms with Crippen molar-refractivity contribution in [2.75, 3.05) is 4.90 Å². The second kappa shape index (κ2) is 8.59. The Morgan fingerprint density at radius 3 is 2.33 bits per heavy atom. The molecule has 0 spiro atoms. The van der Waals surface area contributed by atoms with E-state index < -0.39 is 23.7 Å². The van der Waals surface area contributed by atoms with E-state index in [9.17, 15) is 19.8 Å². The van der Waals surface area contributed by atoms with Crippen LogP contribution in [0.2, 0.25) is 5.15 Å². The van der Waals surface area contributed by atoms with Crippen molar-refractivity contribution in [3.63, 3.8) is 0 Å².